The van der Waals surface area contributed by atoms with Crippen molar-refractivity contribution in [3.8, 4) is 0 Å². The molecule has 0 radical (unpaired) electrons. The van der Waals surface area contributed by atoms with E-state index in [1.165, 1.54) is 38.2 Å². The standard InChI is InChI=1S/C15H25NO2/c1-2-15(17)16-10-8-14(9-11-16)18-12-13-6-4-3-5-7-13/h2,13-14H,1,3-12H2. The van der Waals surface area contributed by atoms with E-state index in [9.17, 15) is 4.79 Å². The second-order valence-corrected chi connectivity index (χ2v) is 5.57. The Kier molecular flexibility index (Phi) is 5.24. The number of piperidine rings is 1. The molecule has 0 unspecified atom stereocenters. The Labute approximate surface area is 110 Å². The number of likely N-dealkylation sites (tertiary alicyclic amines) is 1. The topological polar surface area (TPSA) is 29.5 Å². The van der Waals surface area contributed by atoms with Gasteiger partial charge >= 0.3 is 0 Å². The van der Waals surface area contributed by atoms with Crippen molar-refractivity contribution in [2.24, 2.45) is 5.92 Å². The molecular weight excluding hydrogens is 226 g/mol. The van der Waals surface area contributed by atoms with E-state index in [2.05, 4.69) is 6.58 Å². The molecule has 102 valence electrons. The maximum absolute atomic E-state index is 11.4. The van der Waals surface area contributed by atoms with E-state index in [4.69, 9.17) is 4.74 Å². The fourth-order valence-corrected chi connectivity index (χ4v) is 3.00. The van der Waals surface area contributed by atoms with E-state index in [-0.39, 0.29) is 5.91 Å². The predicted molar refractivity (Wildman–Crippen MR) is 72.3 cm³/mol. The first kappa shape index (κ1) is 13.6. The third-order valence-corrected chi connectivity index (χ3v) is 4.22. The van der Waals surface area contributed by atoms with Crippen molar-refractivity contribution in [1.29, 1.82) is 0 Å². The molecule has 0 aromatic carbocycles. The highest BCUT2D eigenvalue weighted by molar-refractivity contribution is 5.87. The minimum absolute atomic E-state index is 0.0562. The molecule has 3 heteroatoms. The molecule has 18 heavy (non-hydrogen) atoms. The molecule has 1 aliphatic carbocycles. The van der Waals surface area contributed by atoms with Gasteiger partial charge in [-0.05, 0) is 37.7 Å². The van der Waals surface area contributed by atoms with Crippen molar-refractivity contribution in [2.45, 2.75) is 51.0 Å². The van der Waals surface area contributed by atoms with Gasteiger partial charge < -0.3 is 9.64 Å². The molecular formula is C15H25NO2. The minimum Gasteiger partial charge on any atom is -0.378 e. The number of carbonyl (C=O) groups is 1. The van der Waals surface area contributed by atoms with Crippen LogP contribution >= 0.6 is 0 Å². The summed E-state index contributed by atoms with van der Waals surface area (Å²) in [6, 6.07) is 0. The predicted octanol–water partition coefficient (Wildman–Crippen LogP) is 2.76. The van der Waals surface area contributed by atoms with E-state index in [0.717, 1.165) is 38.5 Å². The first-order valence-corrected chi connectivity index (χ1v) is 7.32. The summed E-state index contributed by atoms with van der Waals surface area (Å²) in [5, 5.41) is 0. The monoisotopic (exact) mass is 251 g/mol. The van der Waals surface area contributed by atoms with Gasteiger partial charge in [-0.25, -0.2) is 0 Å². The van der Waals surface area contributed by atoms with E-state index in [1.807, 2.05) is 4.90 Å². The van der Waals surface area contributed by atoms with Gasteiger partial charge in [0, 0.05) is 19.7 Å². The summed E-state index contributed by atoms with van der Waals surface area (Å²) in [6.45, 7) is 6.10. The highest BCUT2D eigenvalue weighted by Gasteiger charge is 2.23. The summed E-state index contributed by atoms with van der Waals surface area (Å²) in [5.41, 5.74) is 0. The number of ether oxygens (including phenoxy) is 1. The Morgan fingerprint density at radius 3 is 2.44 bits per heavy atom. The number of carbonyl (C=O) groups excluding carboxylic acids is 1. The van der Waals surface area contributed by atoms with Crippen LogP contribution in [0.2, 0.25) is 0 Å². The van der Waals surface area contributed by atoms with Crippen LogP contribution in [0.4, 0.5) is 0 Å². The number of nitrogens with zero attached hydrogens (tertiary/aromatic N) is 1. The molecule has 1 amide bonds. The van der Waals surface area contributed by atoms with Crippen LogP contribution in [0.15, 0.2) is 12.7 Å². The largest absolute Gasteiger partial charge is 0.378 e. The molecule has 0 spiro atoms. The Morgan fingerprint density at radius 1 is 1.17 bits per heavy atom. The molecule has 1 heterocycles. The number of hydrogen-bond donors (Lipinski definition) is 0. The fourth-order valence-electron chi connectivity index (χ4n) is 3.00. The first-order chi connectivity index (χ1) is 8.79. The zero-order valence-electron chi connectivity index (χ0n) is 11.3. The normalized spacial score (nSPS) is 23.0. The van der Waals surface area contributed by atoms with Crippen molar-refractivity contribution >= 4 is 5.91 Å². The molecule has 1 saturated heterocycles. The Morgan fingerprint density at radius 2 is 1.83 bits per heavy atom. The molecule has 0 aromatic heterocycles. The molecule has 3 nitrogen and oxygen atoms in total. The van der Waals surface area contributed by atoms with Crippen LogP contribution in [-0.2, 0) is 9.53 Å². The summed E-state index contributed by atoms with van der Waals surface area (Å²) in [4.78, 5) is 13.3. The smallest absolute Gasteiger partial charge is 0.245 e. The van der Waals surface area contributed by atoms with Gasteiger partial charge in [0.2, 0.25) is 5.91 Å². The van der Waals surface area contributed by atoms with Crippen LogP contribution < -0.4 is 0 Å². The second-order valence-electron chi connectivity index (χ2n) is 5.57. The van der Waals surface area contributed by atoms with Crippen molar-refractivity contribution in [1.82, 2.24) is 4.90 Å². The lowest BCUT2D eigenvalue weighted by atomic mass is 9.90. The van der Waals surface area contributed by atoms with E-state index in [0.29, 0.717) is 6.10 Å². The Bertz CT molecular complexity index is 276. The summed E-state index contributed by atoms with van der Waals surface area (Å²) >= 11 is 0. The molecule has 0 bridgehead atoms. The quantitative estimate of drug-likeness (QED) is 0.719. The lowest BCUT2D eigenvalue weighted by Gasteiger charge is -2.32. The Balaban J connectivity index is 1.64. The molecule has 2 aliphatic rings. The van der Waals surface area contributed by atoms with Gasteiger partial charge in [0.15, 0.2) is 0 Å². The summed E-state index contributed by atoms with van der Waals surface area (Å²) in [6.07, 6.45) is 10.6. The van der Waals surface area contributed by atoms with Crippen molar-refractivity contribution in [2.75, 3.05) is 19.7 Å². The lowest BCUT2D eigenvalue weighted by Crippen LogP contribution is -2.40. The highest BCUT2D eigenvalue weighted by atomic mass is 16.5. The van der Waals surface area contributed by atoms with Gasteiger partial charge in [0.25, 0.3) is 0 Å². The summed E-state index contributed by atoms with van der Waals surface area (Å²) in [7, 11) is 0. The second kappa shape index (κ2) is 6.93. The molecule has 0 N–H and O–H groups in total. The van der Waals surface area contributed by atoms with Crippen LogP contribution in [-0.4, -0.2) is 36.6 Å². The third-order valence-electron chi connectivity index (χ3n) is 4.22. The molecule has 1 aliphatic heterocycles. The van der Waals surface area contributed by atoms with Crippen molar-refractivity contribution in [3.63, 3.8) is 0 Å². The minimum atomic E-state index is 0.0562. The van der Waals surface area contributed by atoms with Crippen LogP contribution in [0.3, 0.4) is 0 Å². The fraction of sp³-hybridized carbons (Fsp3) is 0.800. The van der Waals surface area contributed by atoms with Gasteiger partial charge in [0.05, 0.1) is 6.10 Å². The van der Waals surface area contributed by atoms with Crippen molar-refractivity contribution < 1.29 is 9.53 Å². The van der Waals surface area contributed by atoms with Gasteiger partial charge in [-0.2, -0.15) is 0 Å². The number of rotatable bonds is 4. The number of amides is 1. The molecule has 0 atom stereocenters. The van der Waals surface area contributed by atoms with Crippen LogP contribution in [0.1, 0.15) is 44.9 Å². The lowest BCUT2D eigenvalue weighted by molar-refractivity contribution is -0.128. The van der Waals surface area contributed by atoms with Crippen molar-refractivity contribution in [3.05, 3.63) is 12.7 Å². The van der Waals surface area contributed by atoms with E-state index < -0.39 is 0 Å². The average molecular weight is 251 g/mol. The maximum atomic E-state index is 11.4. The van der Waals surface area contributed by atoms with E-state index in [1.54, 1.807) is 0 Å². The molecule has 2 rings (SSSR count). The van der Waals surface area contributed by atoms with Gasteiger partial charge in [-0.15, -0.1) is 0 Å². The van der Waals surface area contributed by atoms with Crippen LogP contribution in [0.5, 0.6) is 0 Å². The number of hydrogen-bond acceptors (Lipinski definition) is 2. The molecule has 1 saturated carbocycles. The van der Waals surface area contributed by atoms with Crippen LogP contribution in [0.25, 0.3) is 0 Å². The summed E-state index contributed by atoms with van der Waals surface area (Å²) in [5.74, 6) is 0.840. The van der Waals surface area contributed by atoms with Gasteiger partial charge in [0.1, 0.15) is 0 Å². The average Bonchev–Trinajstić information content (AvgIpc) is 2.46. The molecule has 2 fully saturated rings. The van der Waals surface area contributed by atoms with Gasteiger partial charge in [-0.3, -0.25) is 4.79 Å². The Hall–Kier alpha value is -0.830. The first-order valence-electron chi connectivity index (χ1n) is 7.32. The highest BCUT2D eigenvalue weighted by Crippen LogP contribution is 2.25. The maximum Gasteiger partial charge on any atom is 0.245 e. The summed E-state index contributed by atoms with van der Waals surface area (Å²) < 4.78 is 6.02. The zero-order valence-corrected chi connectivity index (χ0v) is 11.3. The van der Waals surface area contributed by atoms with Crippen LogP contribution in [0, 0.1) is 5.92 Å². The third kappa shape index (κ3) is 3.84. The zero-order chi connectivity index (χ0) is 12.8. The molecule has 0 aromatic rings. The SMILES string of the molecule is C=CC(=O)N1CCC(OCC2CCCCC2)CC1. The van der Waals surface area contributed by atoms with E-state index >= 15 is 0 Å². The van der Waals surface area contributed by atoms with Gasteiger partial charge in [-0.1, -0.05) is 25.8 Å².